The van der Waals surface area contributed by atoms with Gasteiger partial charge >= 0.3 is 0 Å². The molecule has 122 valence electrons. The number of hydrogen-bond acceptors (Lipinski definition) is 1. The number of rotatable bonds is 4. The molecule has 1 heterocycles. The summed E-state index contributed by atoms with van der Waals surface area (Å²) in [4.78, 5) is 4.85. The Bertz CT molecular complexity index is 782. The summed E-state index contributed by atoms with van der Waals surface area (Å²) in [6, 6.07) is 21.8. The van der Waals surface area contributed by atoms with Crippen LogP contribution in [0.5, 0.6) is 0 Å². The second kappa shape index (κ2) is 7.17. The van der Waals surface area contributed by atoms with Gasteiger partial charge in [-0.2, -0.15) is 0 Å². The van der Waals surface area contributed by atoms with Gasteiger partial charge in [0.1, 0.15) is 0 Å². The van der Waals surface area contributed by atoms with Crippen LogP contribution < -0.4 is 0 Å². The van der Waals surface area contributed by atoms with Gasteiger partial charge in [-0.1, -0.05) is 86.7 Å². The molecule has 1 nitrogen and oxygen atoms in total. The number of hydrogen-bond donors (Lipinski definition) is 0. The number of nitrogens with zero attached hydrogens (tertiary/aromatic N) is 1. The highest BCUT2D eigenvalue weighted by Gasteiger charge is 2.23. The molecule has 3 aromatic rings. The van der Waals surface area contributed by atoms with Crippen molar-refractivity contribution in [2.24, 2.45) is 5.92 Å². The standard InChI is InChI=1S/C23H25N/c1-3-9-18(10-4-1)17-22(19-11-5-2-6-12-19)23-21-14-8-7-13-20(21)15-16-24-23/h2,5-8,11-16,18,22H,1,3-4,9-10,17H2/t22-/m0/s1. The van der Waals surface area contributed by atoms with E-state index in [0.29, 0.717) is 5.92 Å². The van der Waals surface area contributed by atoms with Crippen LogP contribution in [0.4, 0.5) is 0 Å². The summed E-state index contributed by atoms with van der Waals surface area (Å²) in [5.74, 6) is 1.24. The van der Waals surface area contributed by atoms with E-state index >= 15 is 0 Å². The van der Waals surface area contributed by atoms with Crippen LogP contribution in [0.25, 0.3) is 10.8 Å². The summed E-state index contributed by atoms with van der Waals surface area (Å²) in [5, 5.41) is 2.61. The van der Waals surface area contributed by atoms with E-state index < -0.39 is 0 Å². The van der Waals surface area contributed by atoms with Crippen molar-refractivity contribution in [1.29, 1.82) is 0 Å². The molecular weight excluding hydrogens is 290 g/mol. The number of pyridine rings is 1. The zero-order chi connectivity index (χ0) is 16.2. The van der Waals surface area contributed by atoms with Gasteiger partial charge < -0.3 is 0 Å². The first-order valence-corrected chi connectivity index (χ1v) is 9.30. The zero-order valence-electron chi connectivity index (χ0n) is 14.2. The maximum absolute atomic E-state index is 4.85. The first kappa shape index (κ1) is 15.4. The third kappa shape index (κ3) is 3.21. The van der Waals surface area contributed by atoms with Gasteiger partial charge in [0, 0.05) is 17.5 Å². The van der Waals surface area contributed by atoms with Crippen molar-refractivity contribution < 1.29 is 0 Å². The fraction of sp³-hybridized carbons (Fsp3) is 0.348. The molecule has 0 bridgehead atoms. The molecule has 1 aliphatic rings. The molecule has 1 fully saturated rings. The first-order chi connectivity index (χ1) is 11.9. The molecule has 1 saturated carbocycles. The minimum absolute atomic E-state index is 0.403. The average Bonchev–Trinajstić information content (AvgIpc) is 2.67. The van der Waals surface area contributed by atoms with Crippen LogP contribution in [0.15, 0.2) is 66.9 Å². The Morgan fingerprint density at radius 1 is 0.833 bits per heavy atom. The maximum atomic E-state index is 4.85. The highest BCUT2D eigenvalue weighted by atomic mass is 14.7. The Morgan fingerprint density at radius 3 is 2.42 bits per heavy atom. The molecule has 0 unspecified atom stereocenters. The predicted molar refractivity (Wildman–Crippen MR) is 101 cm³/mol. The van der Waals surface area contributed by atoms with E-state index in [9.17, 15) is 0 Å². The van der Waals surface area contributed by atoms with Crippen LogP contribution in [0.1, 0.15) is 55.7 Å². The van der Waals surface area contributed by atoms with Crippen LogP contribution >= 0.6 is 0 Å². The Labute approximate surface area is 144 Å². The summed E-state index contributed by atoms with van der Waals surface area (Å²) in [5.41, 5.74) is 2.66. The van der Waals surface area contributed by atoms with Crippen molar-refractivity contribution >= 4 is 10.8 Å². The second-order valence-corrected chi connectivity index (χ2v) is 7.12. The lowest BCUT2D eigenvalue weighted by atomic mass is 9.78. The minimum atomic E-state index is 0.403. The number of aromatic nitrogens is 1. The Kier molecular flexibility index (Phi) is 4.60. The molecule has 4 rings (SSSR count). The number of benzene rings is 2. The topological polar surface area (TPSA) is 12.9 Å². The molecule has 0 radical (unpaired) electrons. The Hall–Kier alpha value is -2.15. The third-order valence-corrected chi connectivity index (χ3v) is 5.53. The minimum Gasteiger partial charge on any atom is -0.260 e. The summed E-state index contributed by atoms with van der Waals surface area (Å²) >= 11 is 0. The van der Waals surface area contributed by atoms with E-state index in [4.69, 9.17) is 4.98 Å². The quantitative estimate of drug-likeness (QED) is 0.547. The highest BCUT2D eigenvalue weighted by molar-refractivity contribution is 5.85. The molecule has 1 atom stereocenters. The normalized spacial score (nSPS) is 17.0. The van der Waals surface area contributed by atoms with Gasteiger partial charge in [-0.3, -0.25) is 4.98 Å². The second-order valence-electron chi connectivity index (χ2n) is 7.12. The van der Waals surface area contributed by atoms with Crippen LogP contribution in [0.3, 0.4) is 0 Å². The van der Waals surface area contributed by atoms with Crippen LogP contribution in [-0.4, -0.2) is 4.98 Å². The lowest BCUT2D eigenvalue weighted by Crippen LogP contribution is -2.13. The van der Waals surface area contributed by atoms with Gasteiger partial charge in [-0.25, -0.2) is 0 Å². The Morgan fingerprint density at radius 2 is 1.58 bits per heavy atom. The molecule has 2 aromatic carbocycles. The van der Waals surface area contributed by atoms with Gasteiger partial charge in [0.25, 0.3) is 0 Å². The molecule has 1 aromatic heterocycles. The van der Waals surface area contributed by atoms with Crippen molar-refractivity contribution in [2.45, 2.75) is 44.4 Å². The molecule has 1 heteroatoms. The van der Waals surface area contributed by atoms with Crippen molar-refractivity contribution in [2.75, 3.05) is 0 Å². The van der Waals surface area contributed by atoms with Crippen molar-refractivity contribution in [3.8, 4) is 0 Å². The van der Waals surface area contributed by atoms with E-state index in [1.807, 2.05) is 6.20 Å². The third-order valence-electron chi connectivity index (χ3n) is 5.53. The lowest BCUT2D eigenvalue weighted by molar-refractivity contribution is 0.327. The lowest BCUT2D eigenvalue weighted by Gasteiger charge is -2.27. The van der Waals surface area contributed by atoms with Crippen LogP contribution in [0.2, 0.25) is 0 Å². The van der Waals surface area contributed by atoms with Crippen LogP contribution in [-0.2, 0) is 0 Å². The van der Waals surface area contributed by atoms with E-state index in [1.165, 1.54) is 60.6 Å². The molecule has 24 heavy (non-hydrogen) atoms. The molecule has 0 N–H and O–H groups in total. The highest BCUT2D eigenvalue weighted by Crippen LogP contribution is 2.38. The van der Waals surface area contributed by atoms with Gasteiger partial charge in [-0.15, -0.1) is 0 Å². The molecule has 0 saturated heterocycles. The Balaban J connectivity index is 1.76. The van der Waals surface area contributed by atoms with E-state index in [0.717, 1.165) is 5.92 Å². The monoisotopic (exact) mass is 315 g/mol. The maximum Gasteiger partial charge on any atom is 0.0556 e. The summed E-state index contributed by atoms with van der Waals surface area (Å²) in [6.07, 6.45) is 10.2. The van der Waals surface area contributed by atoms with Gasteiger partial charge in [0.15, 0.2) is 0 Å². The number of fused-ring (bicyclic) bond motifs is 1. The van der Waals surface area contributed by atoms with Crippen molar-refractivity contribution in [3.63, 3.8) is 0 Å². The largest absolute Gasteiger partial charge is 0.260 e. The van der Waals surface area contributed by atoms with Gasteiger partial charge in [0.2, 0.25) is 0 Å². The van der Waals surface area contributed by atoms with Gasteiger partial charge in [-0.05, 0) is 29.4 Å². The fourth-order valence-electron chi connectivity index (χ4n) is 4.27. The van der Waals surface area contributed by atoms with Crippen molar-refractivity contribution in [3.05, 3.63) is 78.1 Å². The molecule has 0 aliphatic heterocycles. The van der Waals surface area contributed by atoms with Crippen molar-refractivity contribution in [1.82, 2.24) is 4.98 Å². The van der Waals surface area contributed by atoms with E-state index in [2.05, 4.69) is 60.7 Å². The van der Waals surface area contributed by atoms with Crippen LogP contribution in [0, 0.1) is 5.92 Å². The average molecular weight is 315 g/mol. The molecular formula is C23H25N. The SMILES string of the molecule is c1ccc([C@H](CC2CCCCC2)c2nccc3ccccc23)cc1. The molecule has 1 aliphatic carbocycles. The molecule has 0 amide bonds. The summed E-state index contributed by atoms with van der Waals surface area (Å²) in [6.45, 7) is 0. The smallest absolute Gasteiger partial charge is 0.0556 e. The zero-order valence-corrected chi connectivity index (χ0v) is 14.2. The fourth-order valence-corrected chi connectivity index (χ4v) is 4.27. The molecule has 0 spiro atoms. The van der Waals surface area contributed by atoms with Gasteiger partial charge in [0.05, 0.1) is 5.69 Å². The predicted octanol–water partition coefficient (Wildman–Crippen LogP) is 6.34. The summed E-state index contributed by atoms with van der Waals surface area (Å²) < 4.78 is 0. The van der Waals surface area contributed by atoms with E-state index in [-0.39, 0.29) is 0 Å². The first-order valence-electron chi connectivity index (χ1n) is 9.30. The summed E-state index contributed by atoms with van der Waals surface area (Å²) in [7, 11) is 0. The van der Waals surface area contributed by atoms with E-state index in [1.54, 1.807) is 0 Å².